The fourth-order valence-corrected chi connectivity index (χ4v) is 3.61. The number of aromatic amines is 1. The van der Waals surface area contributed by atoms with Crippen molar-refractivity contribution < 1.29 is 14.5 Å². The van der Waals surface area contributed by atoms with Gasteiger partial charge in [-0.2, -0.15) is 5.10 Å². The predicted molar refractivity (Wildman–Crippen MR) is 101 cm³/mol. The smallest absolute Gasteiger partial charge is 0.323 e. The number of H-pyrrole nitrogens is 1. The molecule has 152 valence electrons. The molecule has 0 bridgehead atoms. The van der Waals surface area contributed by atoms with E-state index in [1.807, 2.05) is 31.5 Å². The van der Waals surface area contributed by atoms with Gasteiger partial charge in [-0.15, -0.1) is 0 Å². The van der Waals surface area contributed by atoms with E-state index in [1.165, 1.54) is 0 Å². The molecule has 0 aliphatic carbocycles. The molecule has 28 heavy (non-hydrogen) atoms. The van der Waals surface area contributed by atoms with Gasteiger partial charge < -0.3 is 14.6 Å². The molecule has 0 aromatic carbocycles. The lowest BCUT2D eigenvalue weighted by Crippen LogP contribution is -2.38. The minimum Gasteiger partial charge on any atom is -0.381 e. The van der Waals surface area contributed by atoms with Crippen LogP contribution < -0.4 is 5.32 Å². The Labute approximate surface area is 162 Å². The van der Waals surface area contributed by atoms with Crippen molar-refractivity contribution >= 4 is 11.6 Å². The number of carbonyl (C=O) groups excluding carboxylic acids is 1. The lowest BCUT2D eigenvalue weighted by Gasteiger charge is -2.30. The maximum absolute atomic E-state index is 13.0. The lowest BCUT2D eigenvalue weighted by atomic mass is 9.91. The zero-order chi connectivity index (χ0) is 20.3. The van der Waals surface area contributed by atoms with E-state index in [4.69, 9.17) is 4.74 Å². The average Bonchev–Trinajstić information content (AvgIpc) is 3.33. The highest BCUT2D eigenvalue weighted by atomic mass is 16.6. The monoisotopic (exact) mass is 390 g/mol. The molecule has 1 unspecified atom stereocenters. The third kappa shape index (κ3) is 3.91. The number of carbonyl (C=O) groups is 1. The Kier molecular flexibility index (Phi) is 6.08. The van der Waals surface area contributed by atoms with Crippen LogP contribution in [0.5, 0.6) is 0 Å². The molecule has 1 amide bonds. The molecule has 1 aliphatic heterocycles. The second-order valence-electron chi connectivity index (χ2n) is 7.22. The number of amides is 1. The van der Waals surface area contributed by atoms with Crippen LogP contribution >= 0.6 is 0 Å². The molecule has 10 heteroatoms. The van der Waals surface area contributed by atoms with Crippen LogP contribution in [0.4, 0.5) is 5.69 Å². The van der Waals surface area contributed by atoms with E-state index >= 15 is 0 Å². The summed E-state index contributed by atoms with van der Waals surface area (Å²) in [6.07, 6.45) is 5.12. The Morgan fingerprint density at radius 1 is 1.46 bits per heavy atom. The summed E-state index contributed by atoms with van der Waals surface area (Å²) in [4.78, 5) is 28.4. The average molecular weight is 390 g/mol. The van der Waals surface area contributed by atoms with Gasteiger partial charge in [0, 0.05) is 38.1 Å². The van der Waals surface area contributed by atoms with E-state index in [1.54, 1.807) is 6.20 Å². The number of rotatable bonds is 7. The van der Waals surface area contributed by atoms with E-state index in [-0.39, 0.29) is 29.3 Å². The van der Waals surface area contributed by atoms with Crippen molar-refractivity contribution in [2.45, 2.75) is 52.1 Å². The summed E-state index contributed by atoms with van der Waals surface area (Å²) in [5.41, 5.74) is -0.120. The first-order valence-corrected chi connectivity index (χ1v) is 9.56. The van der Waals surface area contributed by atoms with Crippen molar-refractivity contribution in [3.63, 3.8) is 0 Å². The van der Waals surface area contributed by atoms with Crippen LogP contribution in [-0.2, 0) is 11.3 Å². The highest BCUT2D eigenvalue weighted by molar-refractivity contribution is 5.96. The van der Waals surface area contributed by atoms with Gasteiger partial charge in [-0.3, -0.25) is 20.0 Å². The van der Waals surface area contributed by atoms with Gasteiger partial charge in [0.25, 0.3) is 5.91 Å². The fraction of sp³-hybridized carbons (Fsp3) is 0.611. The predicted octanol–water partition coefficient (Wildman–Crippen LogP) is 2.56. The van der Waals surface area contributed by atoms with Crippen LogP contribution in [0.15, 0.2) is 12.4 Å². The van der Waals surface area contributed by atoms with Crippen LogP contribution in [0.2, 0.25) is 0 Å². The van der Waals surface area contributed by atoms with E-state index in [9.17, 15) is 14.9 Å². The van der Waals surface area contributed by atoms with Crippen molar-refractivity contribution in [1.29, 1.82) is 0 Å². The number of aryl methyl sites for hydroxylation is 1. The number of hydrogen-bond acceptors (Lipinski definition) is 6. The summed E-state index contributed by atoms with van der Waals surface area (Å²) < 4.78 is 7.42. The van der Waals surface area contributed by atoms with Crippen LogP contribution in [0.3, 0.4) is 0 Å². The van der Waals surface area contributed by atoms with Crippen LogP contribution in [0.1, 0.15) is 67.6 Å². The fourth-order valence-electron chi connectivity index (χ4n) is 3.61. The van der Waals surface area contributed by atoms with Crippen LogP contribution in [0.25, 0.3) is 0 Å². The quantitative estimate of drug-likeness (QED) is 0.552. The Hall–Kier alpha value is -2.75. The van der Waals surface area contributed by atoms with Gasteiger partial charge in [-0.1, -0.05) is 13.8 Å². The number of ether oxygens (including phenoxy) is 1. The Morgan fingerprint density at radius 3 is 2.79 bits per heavy atom. The van der Waals surface area contributed by atoms with E-state index in [0.717, 1.165) is 18.7 Å². The van der Waals surface area contributed by atoms with E-state index < -0.39 is 10.8 Å². The van der Waals surface area contributed by atoms with Crippen molar-refractivity contribution in [3.05, 3.63) is 39.7 Å². The van der Waals surface area contributed by atoms with Crippen molar-refractivity contribution in [1.82, 2.24) is 25.1 Å². The molecular weight excluding hydrogens is 364 g/mol. The number of nitrogens with zero attached hydrogens (tertiary/aromatic N) is 4. The van der Waals surface area contributed by atoms with Crippen molar-refractivity contribution in [2.75, 3.05) is 13.2 Å². The van der Waals surface area contributed by atoms with E-state index in [0.29, 0.717) is 25.5 Å². The summed E-state index contributed by atoms with van der Waals surface area (Å²) in [6.45, 7) is 7.57. The molecule has 3 heterocycles. The number of imidazole rings is 1. The summed E-state index contributed by atoms with van der Waals surface area (Å²) in [5, 5.41) is 21.1. The van der Waals surface area contributed by atoms with Crippen molar-refractivity contribution in [3.8, 4) is 0 Å². The first-order valence-electron chi connectivity index (χ1n) is 9.56. The summed E-state index contributed by atoms with van der Waals surface area (Å²) in [6, 6.07) is -0.370. The standard InChI is InChI=1S/C18H26N6O4/c1-4-23-8-7-19-17(23)14(12-5-9-28-10-6-12)20-18(25)15-16(24(26)27)13(11(2)3)21-22-15/h7-8,11-12,14H,4-6,9-10H2,1-3H3,(H,20,25)(H,21,22). The van der Waals surface area contributed by atoms with Gasteiger partial charge in [0.15, 0.2) is 0 Å². The minimum atomic E-state index is -0.572. The number of hydrogen-bond donors (Lipinski definition) is 2. The first kappa shape index (κ1) is 20.0. The molecule has 2 aromatic rings. The normalized spacial score (nSPS) is 16.3. The second kappa shape index (κ2) is 8.51. The molecule has 2 aromatic heterocycles. The van der Waals surface area contributed by atoms with E-state index in [2.05, 4.69) is 20.5 Å². The van der Waals surface area contributed by atoms with Crippen LogP contribution in [-0.4, -0.2) is 43.8 Å². The van der Waals surface area contributed by atoms with Gasteiger partial charge >= 0.3 is 5.69 Å². The molecular formula is C18H26N6O4. The number of aromatic nitrogens is 4. The largest absolute Gasteiger partial charge is 0.381 e. The summed E-state index contributed by atoms with van der Waals surface area (Å²) in [7, 11) is 0. The second-order valence-corrected chi connectivity index (χ2v) is 7.22. The molecule has 1 saturated heterocycles. The maximum Gasteiger partial charge on any atom is 0.323 e. The molecule has 3 rings (SSSR count). The van der Waals surface area contributed by atoms with Gasteiger partial charge in [0.1, 0.15) is 11.5 Å². The van der Waals surface area contributed by atoms with Gasteiger partial charge in [-0.25, -0.2) is 4.98 Å². The Bertz CT molecular complexity index is 837. The SMILES string of the molecule is CCn1ccnc1C(NC(=O)c1n[nH]c(C(C)C)c1[N+](=O)[O-])C1CCOCC1. The maximum atomic E-state index is 13.0. The van der Waals surface area contributed by atoms with Gasteiger partial charge in [0.2, 0.25) is 5.69 Å². The molecule has 1 fully saturated rings. The van der Waals surface area contributed by atoms with Gasteiger partial charge in [-0.05, 0) is 25.7 Å². The summed E-state index contributed by atoms with van der Waals surface area (Å²) in [5.74, 6) is 0.148. The molecule has 10 nitrogen and oxygen atoms in total. The third-order valence-electron chi connectivity index (χ3n) is 5.13. The first-order chi connectivity index (χ1) is 13.4. The molecule has 0 radical (unpaired) electrons. The highest BCUT2D eigenvalue weighted by Gasteiger charge is 2.35. The number of nitro groups is 1. The number of nitrogens with one attached hydrogen (secondary N) is 2. The summed E-state index contributed by atoms with van der Waals surface area (Å²) >= 11 is 0. The zero-order valence-corrected chi connectivity index (χ0v) is 16.3. The molecule has 1 atom stereocenters. The van der Waals surface area contributed by atoms with Gasteiger partial charge in [0.05, 0.1) is 11.0 Å². The molecule has 0 saturated carbocycles. The van der Waals surface area contributed by atoms with Crippen LogP contribution in [0, 0.1) is 16.0 Å². The Morgan fingerprint density at radius 2 is 2.18 bits per heavy atom. The van der Waals surface area contributed by atoms with Crippen molar-refractivity contribution in [2.24, 2.45) is 5.92 Å². The molecule has 2 N–H and O–H groups in total. The lowest BCUT2D eigenvalue weighted by molar-refractivity contribution is -0.386. The molecule has 1 aliphatic rings. The topological polar surface area (TPSA) is 128 Å². The molecule has 0 spiro atoms. The minimum absolute atomic E-state index is 0.132. The third-order valence-corrected chi connectivity index (χ3v) is 5.13. The zero-order valence-electron chi connectivity index (χ0n) is 16.3. The Balaban J connectivity index is 1.93. The highest BCUT2D eigenvalue weighted by Crippen LogP contribution is 2.31.